The van der Waals surface area contributed by atoms with Crippen molar-refractivity contribution in [2.24, 2.45) is 5.92 Å². The van der Waals surface area contributed by atoms with E-state index in [1.165, 1.54) is 31.5 Å². The van der Waals surface area contributed by atoms with E-state index in [0.29, 0.717) is 6.54 Å². The second kappa shape index (κ2) is 11.1. The average Bonchev–Trinajstić information content (AvgIpc) is 2.64. The zero-order valence-corrected chi connectivity index (χ0v) is 17.9. The minimum absolute atomic E-state index is 0.0372. The first kappa shape index (κ1) is 22.2. The van der Waals surface area contributed by atoms with E-state index in [0.717, 1.165) is 42.1 Å². The van der Waals surface area contributed by atoms with E-state index in [-0.39, 0.29) is 18.5 Å². The quantitative estimate of drug-likeness (QED) is 0.598. The molecule has 28 heavy (non-hydrogen) atoms. The first-order chi connectivity index (χ1) is 13.3. The Balaban J connectivity index is 1.57. The van der Waals surface area contributed by atoms with Gasteiger partial charge in [0.2, 0.25) is 5.91 Å². The minimum Gasteiger partial charge on any atom is -0.338 e. The Morgan fingerprint density at radius 3 is 2.32 bits per heavy atom. The highest BCUT2D eigenvalue weighted by Crippen LogP contribution is 2.21. The molecule has 6 heteroatoms. The summed E-state index contributed by atoms with van der Waals surface area (Å²) in [5.41, 5.74) is 4.04. The van der Waals surface area contributed by atoms with Gasteiger partial charge >= 0.3 is 6.03 Å². The van der Waals surface area contributed by atoms with Gasteiger partial charge in [-0.25, -0.2) is 4.79 Å². The number of hydrogen-bond donors (Lipinski definition) is 3. The number of carbonyl (C=O) groups excluding carboxylic acids is 2. The van der Waals surface area contributed by atoms with E-state index in [9.17, 15) is 9.59 Å². The summed E-state index contributed by atoms with van der Waals surface area (Å²) in [7, 11) is 0. The van der Waals surface area contributed by atoms with Gasteiger partial charge in [-0.2, -0.15) is 0 Å². The fraction of sp³-hybridized carbons (Fsp3) is 0.636. The Hall–Kier alpha value is -2.08. The Bertz CT molecular complexity index is 643. The molecule has 0 bridgehead atoms. The van der Waals surface area contributed by atoms with Gasteiger partial charge in [-0.3, -0.25) is 4.79 Å². The molecule has 0 atom stereocenters. The number of piperidine rings is 1. The van der Waals surface area contributed by atoms with Crippen molar-refractivity contribution >= 4 is 17.6 Å². The number of carbonyl (C=O) groups is 2. The first-order valence-corrected chi connectivity index (χ1v) is 10.5. The highest BCUT2D eigenvalue weighted by molar-refractivity contribution is 5.95. The van der Waals surface area contributed by atoms with Crippen LogP contribution in [0.25, 0.3) is 0 Å². The fourth-order valence-corrected chi connectivity index (χ4v) is 3.73. The van der Waals surface area contributed by atoms with Crippen molar-refractivity contribution in [1.29, 1.82) is 0 Å². The van der Waals surface area contributed by atoms with Crippen LogP contribution in [0.1, 0.15) is 49.3 Å². The van der Waals surface area contributed by atoms with Crippen LogP contribution in [0.4, 0.5) is 10.5 Å². The van der Waals surface area contributed by atoms with Crippen molar-refractivity contribution in [1.82, 2.24) is 15.5 Å². The van der Waals surface area contributed by atoms with Gasteiger partial charge < -0.3 is 20.9 Å². The number of amides is 3. The highest BCUT2D eigenvalue weighted by Gasteiger charge is 2.14. The number of benzene rings is 1. The van der Waals surface area contributed by atoms with Gasteiger partial charge in [-0.1, -0.05) is 24.6 Å². The molecule has 156 valence electrons. The summed E-state index contributed by atoms with van der Waals surface area (Å²) in [4.78, 5) is 26.5. The second-order valence-corrected chi connectivity index (χ2v) is 8.16. The molecule has 0 aliphatic carbocycles. The van der Waals surface area contributed by atoms with Crippen LogP contribution in [-0.2, 0) is 4.79 Å². The maximum atomic E-state index is 12.1. The van der Waals surface area contributed by atoms with Crippen LogP contribution in [0.3, 0.4) is 0 Å². The van der Waals surface area contributed by atoms with Crippen molar-refractivity contribution in [3.8, 4) is 0 Å². The summed E-state index contributed by atoms with van der Waals surface area (Å²) in [5, 5.41) is 8.34. The van der Waals surface area contributed by atoms with Crippen LogP contribution in [0.2, 0.25) is 0 Å². The smallest absolute Gasteiger partial charge is 0.315 e. The number of nitrogens with one attached hydrogen (secondary N) is 3. The maximum absolute atomic E-state index is 12.1. The number of hydrogen-bond acceptors (Lipinski definition) is 3. The molecule has 1 aromatic rings. The normalized spacial score (nSPS) is 15.3. The van der Waals surface area contributed by atoms with Gasteiger partial charge in [-0.15, -0.1) is 0 Å². The van der Waals surface area contributed by atoms with Crippen molar-refractivity contribution in [3.05, 3.63) is 28.8 Å². The average molecular weight is 389 g/mol. The monoisotopic (exact) mass is 388 g/mol. The summed E-state index contributed by atoms with van der Waals surface area (Å²) in [5.74, 6) is 0.641. The summed E-state index contributed by atoms with van der Waals surface area (Å²) in [6.45, 7) is 12.4. The van der Waals surface area contributed by atoms with Gasteiger partial charge in [0.25, 0.3) is 0 Å². The third-order valence-corrected chi connectivity index (χ3v) is 5.41. The summed E-state index contributed by atoms with van der Waals surface area (Å²) >= 11 is 0. The number of anilines is 1. The molecule has 1 saturated heterocycles. The molecule has 3 amide bonds. The van der Waals surface area contributed by atoms with Gasteiger partial charge in [0, 0.05) is 12.2 Å². The molecule has 0 spiro atoms. The number of rotatable bonds is 8. The molecule has 3 N–H and O–H groups in total. The summed E-state index contributed by atoms with van der Waals surface area (Å²) < 4.78 is 0. The predicted molar refractivity (Wildman–Crippen MR) is 115 cm³/mol. The molecule has 0 aromatic heterocycles. The number of unbranched alkanes of at least 4 members (excludes halogenated alkanes) is 1. The van der Waals surface area contributed by atoms with Crippen LogP contribution < -0.4 is 16.0 Å². The van der Waals surface area contributed by atoms with Crippen LogP contribution >= 0.6 is 0 Å². The lowest BCUT2D eigenvalue weighted by Gasteiger charge is -2.30. The number of aryl methyl sites for hydroxylation is 3. The number of likely N-dealkylation sites (tertiary alicyclic amines) is 1. The van der Waals surface area contributed by atoms with Gasteiger partial charge in [0.15, 0.2) is 0 Å². The molecule has 0 saturated carbocycles. The summed E-state index contributed by atoms with van der Waals surface area (Å²) in [6.07, 6.45) is 4.63. The number of urea groups is 1. The topological polar surface area (TPSA) is 73.5 Å². The van der Waals surface area contributed by atoms with Crippen LogP contribution in [0.5, 0.6) is 0 Å². The fourth-order valence-electron chi connectivity index (χ4n) is 3.73. The molecule has 2 rings (SSSR count). The summed E-state index contributed by atoms with van der Waals surface area (Å²) in [6, 6.07) is 3.78. The van der Waals surface area contributed by atoms with Crippen LogP contribution in [-0.4, -0.2) is 49.6 Å². The van der Waals surface area contributed by atoms with Crippen molar-refractivity contribution in [2.45, 2.75) is 53.4 Å². The van der Waals surface area contributed by atoms with Crippen molar-refractivity contribution < 1.29 is 9.59 Å². The largest absolute Gasteiger partial charge is 0.338 e. The first-order valence-electron chi connectivity index (χ1n) is 10.5. The van der Waals surface area contributed by atoms with Crippen molar-refractivity contribution in [3.63, 3.8) is 0 Å². The number of nitrogens with zero attached hydrogens (tertiary/aromatic N) is 1. The SMILES string of the molecule is Cc1cc(C)c(NC(=O)CNC(=O)NCCCCN2CCC(C)CC2)c(C)c1. The van der Waals surface area contributed by atoms with Gasteiger partial charge in [0.1, 0.15) is 0 Å². The lowest BCUT2D eigenvalue weighted by molar-refractivity contribution is -0.115. The van der Waals surface area contributed by atoms with E-state index in [4.69, 9.17) is 0 Å². The Kier molecular flexibility index (Phi) is 8.77. The van der Waals surface area contributed by atoms with E-state index < -0.39 is 0 Å². The molecule has 1 aromatic carbocycles. The molecular weight excluding hydrogens is 352 g/mol. The Morgan fingerprint density at radius 1 is 1.04 bits per heavy atom. The third kappa shape index (κ3) is 7.50. The molecular formula is C22H36N4O2. The van der Waals surface area contributed by atoms with E-state index in [1.807, 2.05) is 32.9 Å². The maximum Gasteiger partial charge on any atom is 0.315 e. The van der Waals surface area contributed by atoms with Gasteiger partial charge in [-0.05, 0) is 83.1 Å². The van der Waals surface area contributed by atoms with Crippen LogP contribution in [0.15, 0.2) is 12.1 Å². The van der Waals surface area contributed by atoms with Crippen LogP contribution in [0, 0.1) is 26.7 Å². The minimum atomic E-state index is -0.292. The second-order valence-electron chi connectivity index (χ2n) is 8.16. The third-order valence-electron chi connectivity index (χ3n) is 5.41. The lowest BCUT2D eigenvalue weighted by Crippen LogP contribution is -2.40. The van der Waals surface area contributed by atoms with E-state index >= 15 is 0 Å². The molecule has 6 nitrogen and oxygen atoms in total. The zero-order valence-electron chi connectivity index (χ0n) is 17.9. The Morgan fingerprint density at radius 2 is 1.68 bits per heavy atom. The van der Waals surface area contributed by atoms with E-state index in [2.05, 4.69) is 27.8 Å². The molecule has 0 unspecified atom stereocenters. The molecule has 1 aliphatic heterocycles. The Labute approximate surface area is 169 Å². The van der Waals surface area contributed by atoms with Crippen molar-refractivity contribution in [2.75, 3.05) is 38.0 Å². The standard InChI is InChI=1S/C22H36N4O2/c1-16-7-11-26(12-8-16)10-6-5-9-23-22(28)24-15-20(27)25-21-18(3)13-17(2)14-19(21)4/h13-14,16H,5-12,15H2,1-4H3,(H,25,27)(H2,23,24,28). The van der Waals surface area contributed by atoms with E-state index in [1.54, 1.807) is 0 Å². The molecule has 1 fully saturated rings. The highest BCUT2D eigenvalue weighted by atomic mass is 16.2. The molecule has 1 heterocycles. The zero-order chi connectivity index (χ0) is 20.5. The van der Waals surface area contributed by atoms with Gasteiger partial charge in [0.05, 0.1) is 6.54 Å². The lowest BCUT2D eigenvalue weighted by atomic mass is 9.99. The molecule has 0 radical (unpaired) electrons. The molecule has 1 aliphatic rings. The predicted octanol–water partition coefficient (Wildman–Crippen LogP) is 3.36.